The second kappa shape index (κ2) is 6.26. The highest BCUT2D eigenvalue weighted by atomic mass is 32.2. The van der Waals surface area contributed by atoms with Crippen molar-refractivity contribution in [1.82, 2.24) is 10.3 Å². The van der Waals surface area contributed by atoms with E-state index in [0.717, 1.165) is 36.0 Å². The molecule has 17 heavy (non-hydrogen) atoms. The standard InChI is InChI=1S/C13H20N2OS/c1-10-3-6-13(16-7-8-17-2)12(15-10)9-14-11-4-5-11/h3,6,11,14H,4-5,7-9H2,1-2H3. The SMILES string of the molecule is CSCCOc1ccc(C)nc1CNC1CC1. The number of nitrogens with zero attached hydrogens (tertiary/aromatic N) is 1. The first kappa shape index (κ1) is 12.7. The second-order valence-electron chi connectivity index (χ2n) is 4.39. The first-order valence-electron chi connectivity index (χ1n) is 6.11. The van der Waals surface area contributed by atoms with Crippen molar-refractivity contribution >= 4 is 11.8 Å². The van der Waals surface area contributed by atoms with Crippen LogP contribution in [-0.4, -0.2) is 29.6 Å². The maximum atomic E-state index is 5.76. The van der Waals surface area contributed by atoms with Crippen LogP contribution in [0.25, 0.3) is 0 Å². The van der Waals surface area contributed by atoms with Crippen molar-refractivity contribution in [2.75, 3.05) is 18.6 Å². The molecule has 4 heteroatoms. The van der Waals surface area contributed by atoms with E-state index in [1.165, 1.54) is 12.8 Å². The summed E-state index contributed by atoms with van der Waals surface area (Å²) in [7, 11) is 0. The van der Waals surface area contributed by atoms with E-state index in [4.69, 9.17) is 4.74 Å². The van der Waals surface area contributed by atoms with Gasteiger partial charge in [0.15, 0.2) is 0 Å². The summed E-state index contributed by atoms with van der Waals surface area (Å²) in [6.07, 6.45) is 4.69. The maximum Gasteiger partial charge on any atom is 0.142 e. The van der Waals surface area contributed by atoms with E-state index >= 15 is 0 Å². The first-order valence-corrected chi connectivity index (χ1v) is 7.50. The number of aryl methyl sites for hydroxylation is 1. The molecular formula is C13H20N2OS. The molecule has 0 aliphatic heterocycles. The topological polar surface area (TPSA) is 34.1 Å². The third-order valence-electron chi connectivity index (χ3n) is 2.75. The number of rotatable bonds is 7. The lowest BCUT2D eigenvalue weighted by atomic mass is 10.3. The van der Waals surface area contributed by atoms with E-state index in [0.29, 0.717) is 6.04 Å². The Labute approximate surface area is 107 Å². The molecule has 1 saturated carbocycles. The van der Waals surface area contributed by atoms with E-state index in [2.05, 4.69) is 16.6 Å². The van der Waals surface area contributed by atoms with E-state index in [-0.39, 0.29) is 0 Å². The lowest BCUT2D eigenvalue weighted by Crippen LogP contribution is -2.17. The molecule has 1 fully saturated rings. The summed E-state index contributed by atoms with van der Waals surface area (Å²) in [6.45, 7) is 3.59. The highest BCUT2D eigenvalue weighted by Gasteiger charge is 2.21. The van der Waals surface area contributed by atoms with E-state index in [1.54, 1.807) is 11.8 Å². The molecule has 1 aliphatic rings. The van der Waals surface area contributed by atoms with E-state index in [1.807, 2.05) is 19.1 Å². The lowest BCUT2D eigenvalue weighted by molar-refractivity contribution is 0.336. The zero-order chi connectivity index (χ0) is 12.1. The van der Waals surface area contributed by atoms with Gasteiger partial charge in [-0.05, 0) is 38.2 Å². The van der Waals surface area contributed by atoms with Crippen LogP contribution in [0.4, 0.5) is 0 Å². The maximum absolute atomic E-state index is 5.76. The van der Waals surface area contributed by atoms with Crippen LogP contribution in [0.5, 0.6) is 5.75 Å². The summed E-state index contributed by atoms with van der Waals surface area (Å²) >= 11 is 1.80. The molecule has 0 saturated heterocycles. The third-order valence-corrected chi connectivity index (χ3v) is 3.33. The fraction of sp³-hybridized carbons (Fsp3) is 0.615. The summed E-state index contributed by atoms with van der Waals surface area (Å²) in [5.41, 5.74) is 2.09. The zero-order valence-corrected chi connectivity index (χ0v) is 11.3. The van der Waals surface area contributed by atoms with Crippen LogP contribution in [0.15, 0.2) is 12.1 Å². The lowest BCUT2D eigenvalue weighted by Gasteiger charge is -2.11. The molecule has 0 aromatic carbocycles. The number of thioether (sulfide) groups is 1. The number of hydrogen-bond donors (Lipinski definition) is 1. The minimum Gasteiger partial charge on any atom is -0.491 e. The molecule has 1 heterocycles. The highest BCUT2D eigenvalue weighted by molar-refractivity contribution is 7.98. The molecule has 0 bridgehead atoms. The molecule has 3 nitrogen and oxygen atoms in total. The van der Waals surface area contributed by atoms with Gasteiger partial charge in [0.2, 0.25) is 0 Å². The summed E-state index contributed by atoms with van der Waals surface area (Å²) in [6, 6.07) is 4.75. The molecule has 94 valence electrons. The first-order chi connectivity index (χ1) is 8.29. The molecule has 1 aromatic heterocycles. The molecule has 1 aromatic rings. The van der Waals surface area contributed by atoms with Crippen molar-refractivity contribution in [2.24, 2.45) is 0 Å². The van der Waals surface area contributed by atoms with Crippen LogP contribution in [0.3, 0.4) is 0 Å². The van der Waals surface area contributed by atoms with Gasteiger partial charge in [-0.2, -0.15) is 11.8 Å². The highest BCUT2D eigenvalue weighted by Crippen LogP contribution is 2.22. The number of ether oxygens (including phenoxy) is 1. The number of hydrogen-bond acceptors (Lipinski definition) is 4. The molecule has 0 atom stereocenters. The van der Waals surface area contributed by atoms with Gasteiger partial charge >= 0.3 is 0 Å². The van der Waals surface area contributed by atoms with Crippen molar-refractivity contribution in [3.63, 3.8) is 0 Å². The van der Waals surface area contributed by atoms with Crippen LogP contribution in [0.1, 0.15) is 24.2 Å². The molecule has 0 spiro atoms. The Balaban J connectivity index is 1.95. The van der Waals surface area contributed by atoms with Gasteiger partial charge in [-0.15, -0.1) is 0 Å². The van der Waals surface area contributed by atoms with Gasteiger partial charge in [0, 0.05) is 24.0 Å². The Morgan fingerprint density at radius 1 is 1.47 bits per heavy atom. The van der Waals surface area contributed by atoms with E-state index in [9.17, 15) is 0 Å². The average molecular weight is 252 g/mol. The minimum absolute atomic E-state index is 0.705. The predicted molar refractivity (Wildman–Crippen MR) is 72.7 cm³/mol. The summed E-state index contributed by atoms with van der Waals surface area (Å²) in [4.78, 5) is 4.56. The van der Waals surface area contributed by atoms with E-state index < -0.39 is 0 Å². The van der Waals surface area contributed by atoms with Crippen LogP contribution in [-0.2, 0) is 6.54 Å². The molecule has 0 radical (unpaired) electrons. The van der Waals surface area contributed by atoms with Crippen LogP contribution >= 0.6 is 11.8 Å². The van der Waals surface area contributed by atoms with Gasteiger partial charge in [0.25, 0.3) is 0 Å². The number of nitrogens with one attached hydrogen (secondary N) is 1. The fourth-order valence-electron chi connectivity index (χ4n) is 1.62. The normalized spacial score (nSPS) is 14.9. The van der Waals surface area contributed by atoms with Gasteiger partial charge in [0.1, 0.15) is 5.75 Å². The van der Waals surface area contributed by atoms with Crippen molar-refractivity contribution in [1.29, 1.82) is 0 Å². The predicted octanol–water partition coefficient (Wildman–Crippen LogP) is 2.38. The Hall–Kier alpha value is -0.740. The van der Waals surface area contributed by atoms with Gasteiger partial charge in [-0.3, -0.25) is 4.98 Å². The quantitative estimate of drug-likeness (QED) is 0.756. The molecule has 0 unspecified atom stereocenters. The average Bonchev–Trinajstić information content (AvgIpc) is 3.13. The fourth-order valence-corrected chi connectivity index (χ4v) is 1.87. The summed E-state index contributed by atoms with van der Waals surface area (Å²) in [5, 5.41) is 3.48. The van der Waals surface area contributed by atoms with Gasteiger partial charge in [-0.1, -0.05) is 0 Å². The van der Waals surface area contributed by atoms with Gasteiger partial charge < -0.3 is 10.1 Å². The van der Waals surface area contributed by atoms with Gasteiger partial charge in [-0.25, -0.2) is 0 Å². The Kier molecular flexibility index (Phi) is 4.68. The zero-order valence-electron chi connectivity index (χ0n) is 10.5. The minimum atomic E-state index is 0.705. The Bertz CT molecular complexity index is 366. The van der Waals surface area contributed by atoms with Crippen molar-refractivity contribution in [2.45, 2.75) is 32.4 Å². The molecule has 1 N–H and O–H groups in total. The monoisotopic (exact) mass is 252 g/mol. The van der Waals surface area contributed by atoms with Crippen LogP contribution in [0.2, 0.25) is 0 Å². The smallest absolute Gasteiger partial charge is 0.142 e. The molecule has 0 amide bonds. The third kappa shape index (κ3) is 4.21. The van der Waals surface area contributed by atoms with Crippen LogP contribution < -0.4 is 10.1 Å². The summed E-state index contributed by atoms with van der Waals surface area (Å²) < 4.78 is 5.76. The largest absolute Gasteiger partial charge is 0.491 e. The number of pyridine rings is 1. The van der Waals surface area contributed by atoms with Gasteiger partial charge in [0.05, 0.1) is 12.3 Å². The second-order valence-corrected chi connectivity index (χ2v) is 5.38. The summed E-state index contributed by atoms with van der Waals surface area (Å²) in [5.74, 6) is 1.95. The molecule has 1 aliphatic carbocycles. The van der Waals surface area contributed by atoms with Crippen molar-refractivity contribution < 1.29 is 4.74 Å². The Morgan fingerprint density at radius 2 is 2.29 bits per heavy atom. The number of aromatic nitrogens is 1. The Morgan fingerprint density at radius 3 is 3.00 bits per heavy atom. The van der Waals surface area contributed by atoms with Crippen molar-refractivity contribution in [3.05, 3.63) is 23.5 Å². The molecular weight excluding hydrogens is 232 g/mol. The van der Waals surface area contributed by atoms with Crippen molar-refractivity contribution in [3.8, 4) is 5.75 Å². The van der Waals surface area contributed by atoms with Crippen LogP contribution in [0, 0.1) is 6.92 Å². The molecule has 2 rings (SSSR count).